The van der Waals surface area contributed by atoms with E-state index in [1.54, 1.807) is 6.20 Å². The van der Waals surface area contributed by atoms with E-state index in [4.69, 9.17) is 16.3 Å². The van der Waals surface area contributed by atoms with Gasteiger partial charge in [-0.05, 0) is 40.8 Å². The Morgan fingerprint density at radius 3 is 2.94 bits per heavy atom. The highest BCUT2D eigenvalue weighted by atomic mass is 79.9. The number of halogens is 2. The summed E-state index contributed by atoms with van der Waals surface area (Å²) in [6.07, 6.45) is 4.02. The molecule has 1 fully saturated rings. The Balaban J connectivity index is 1.86. The molecule has 0 bridgehead atoms. The highest BCUT2D eigenvalue weighted by molar-refractivity contribution is 9.10. The Morgan fingerprint density at radius 1 is 1.50 bits per heavy atom. The number of hydrogen-bond acceptors (Lipinski definition) is 3. The van der Waals surface area contributed by atoms with Gasteiger partial charge in [0.25, 0.3) is 0 Å². The third kappa shape index (κ3) is 3.34. The van der Waals surface area contributed by atoms with Crippen LogP contribution >= 0.6 is 27.5 Å². The van der Waals surface area contributed by atoms with Crippen molar-refractivity contribution in [2.45, 2.75) is 12.8 Å². The second-order valence-electron chi connectivity index (χ2n) is 3.93. The maximum Gasteiger partial charge on any atom is 0.143 e. The minimum atomic E-state index is 0.497. The van der Waals surface area contributed by atoms with Gasteiger partial charge in [-0.3, -0.25) is 0 Å². The van der Waals surface area contributed by atoms with Gasteiger partial charge in [-0.1, -0.05) is 11.6 Å². The summed E-state index contributed by atoms with van der Waals surface area (Å²) >= 11 is 9.18. The lowest BCUT2D eigenvalue weighted by Crippen LogP contribution is -2.22. The van der Waals surface area contributed by atoms with Crippen molar-refractivity contribution in [2.24, 2.45) is 5.92 Å². The van der Waals surface area contributed by atoms with Crippen molar-refractivity contribution in [3.63, 3.8) is 0 Å². The van der Waals surface area contributed by atoms with E-state index in [0.717, 1.165) is 42.8 Å². The molecule has 2 heterocycles. The fraction of sp³-hybridized carbons (Fsp3) is 0.545. The first-order chi connectivity index (χ1) is 7.75. The molecule has 1 N–H and O–H groups in total. The van der Waals surface area contributed by atoms with Gasteiger partial charge in [0.1, 0.15) is 5.15 Å². The molecule has 1 aliphatic rings. The maximum absolute atomic E-state index is 5.83. The molecule has 88 valence electrons. The Bertz CT molecular complexity index is 356. The van der Waals surface area contributed by atoms with Crippen LogP contribution in [0.25, 0.3) is 0 Å². The van der Waals surface area contributed by atoms with Gasteiger partial charge < -0.3 is 10.1 Å². The molecule has 1 aromatic heterocycles. The summed E-state index contributed by atoms with van der Waals surface area (Å²) < 4.78 is 6.15. The van der Waals surface area contributed by atoms with Crippen LogP contribution in [0, 0.1) is 5.92 Å². The molecule has 0 atom stereocenters. The minimum Gasteiger partial charge on any atom is -0.383 e. The molecule has 0 aliphatic carbocycles. The molecule has 1 saturated heterocycles. The average Bonchev–Trinajstić information content (AvgIpc) is 2.32. The van der Waals surface area contributed by atoms with Crippen molar-refractivity contribution in [2.75, 3.05) is 25.1 Å². The second kappa shape index (κ2) is 5.84. The number of pyridine rings is 1. The van der Waals surface area contributed by atoms with Crippen LogP contribution in [-0.4, -0.2) is 24.7 Å². The highest BCUT2D eigenvalue weighted by Gasteiger charge is 2.13. The predicted molar refractivity (Wildman–Crippen MR) is 69.0 cm³/mol. The lowest BCUT2D eigenvalue weighted by Gasteiger charge is -2.22. The van der Waals surface area contributed by atoms with Gasteiger partial charge in [0, 0.05) is 19.8 Å². The summed E-state index contributed by atoms with van der Waals surface area (Å²) in [6, 6.07) is 1.95. The largest absolute Gasteiger partial charge is 0.383 e. The molecule has 5 heteroatoms. The number of rotatable bonds is 3. The fourth-order valence-electron chi connectivity index (χ4n) is 1.73. The van der Waals surface area contributed by atoms with Crippen LogP contribution < -0.4 is 5.32 Å². The summed E-state index contributed by atoms with van der Waals surface area (Å²) in [6.45, 7) is 2.74. The van der Waals surface area contributed by atoms with Crippen molar-refractivity contribution < 1.29 is 4.74 Å². The molecule has 1 aliphatic heterocycles. The zero-order chi connectivity index (χ0) is 11.4. The third-order valence-electron chi connectivity index (χ3n) is 2.73. The number of aromatic nitrogens is 1. The number of anilines is 1. The SMILES string of the molecule is Clc1ncc(NCC2CCOCC2)cc1Br. The fourth-order valence-corrected chi connectivity index (χ4v) is 2.18. The van der Waals surface area contributed by atoms with E-state index in [0.29, 0.717) is 11.1 Å². The third-order valence-corrected chi connectivity index (χ3v) is 3.87. The van der Waals surface area contributed by atoms with Gasteiger partial charge in [-0.2, -0.15) is 0 Å². The zero-order valence-corrected chi connectivity index (χ0v) is 11.2. The van der Waals surface area contributed by atoms with Crippen LogP contribution in [0.3, 0.4) is 0 Å². The lowest BCUT2D eigenvalue weighted by molar-refractivity contribution is 0.0699. The molecule has 0 amide bonds. The maximum atomic E-state index is 5.83. The summed E-state index contributed by atoms with van der Waals surface area (Å²) in [5.41, 5.74) is 1.00. The van der Waals surface area contributed by atoms with Crippen molar-refractivity contribution in [1.82, 2.24) is 4.98 Å². The number of hydrogen-bond donors (Lipinski definition) is 1. The van der Waals surface area contributed by atoms with E-state index in [1.807, 2.05) is 6.07 Å². The Hall–Kier alpha value is -0.320. The quantitative estimate of drug-likeness (QED) is 0.870. The van der Waals surface area contributed by atoms with Gasteiger partial charge in [0.15, 0.2) is 0 Å². The molecular weight excluding hydrogens is 291 g/mol. The average molecular weight is 306 g/mol. The predicted octanol–water partition coefficient (Wildman–Crippen LogP) is 3.34. The summed E-state index contributed by atoms with van der Waals surface area (Å²) in [4.78, 5) is 4.07. The van der Waals surface area contributed by atoms with Crippen molar-refractivity contribution >= 4 is 33.2 Å². The highest BCUT2D eigenvalue weighted by Crippen LogP contribution is 2.23. The van der Waals surface area contributed by atoms with Crippen molar-refractivity contribution in [1.29, 1.82) is 0 Å². The van der Waals surface area contributed by atoms with Crippen LogP contribution in [0.4, 0.5) is 5.69 Å². The molecule has 0 saturated carbocycles. The van der Waals surface area contributed by atoms with Crippen molar-refractivity contribution in [3.8, 4) is 0 Å². The minimum absolute atomic E-state index is 0.497. The number of nitrogens with zero attached hydrogens (tertiary/aromatic N) is 1. The van der Waals surface area contributed by atoms with E-state index >= 15 is 0 Å². The van der Waals surface area contributed by atoms with Crippen LogP contribution in [0.1, 0.15) is 12.8 Å². The smallest absolute Gasteiger partial charge is 0.143 e. The van der Waals surface area contributed by atoms with E-state index in [-0.39, 0.29) is 0 Å². The molecule has 2 rings (SSSR count). The van der Waals surface area contributed by atoms with Gasteiger partial charge in [-0.15, -0.1) is 0 Å². The zero-order valence-electron chi connectivity index (χ0n) is 8.88. The first kappa shape index (κ1) is 12.1. The van der Waals surface area contributed by atoms with Gasteiger partial charge in [0.2, 0.25) is 0 Å². The summed E-state index contributed by atoms with van der Waals surface area (Å²) in [5, 5.41) is 3.87. The summed E-state index contributed by atoms with van der Waals surface area (Å²) in [5.74, 6) is 0.697. The van der Waals surface area contributed by atoms with E-state index in [2.05, 4.69) is 26.2 Å². The monoisotopic (exact) mass is 304 g/mol. The van der Waals surface area contributed by atoms with Gasteiger partial charge >= 0.3 is 0 Å². The van der Waals surface area contributed by atoms with Crippen molar-refractivity contribution in [3.05, 3.63) is 21.9 Å². The van der Waals surface area contributed by atoms with Crippen LogP contribution in [0.2, 0.25) is 5.15 Å². The molecule has 3 nitrogen and oxygen atoms in total. The molecule has 1 aromatic rings. The first-order valence-electron chi connectivity index (χ1n) is 5.38. The van der Waals surface area contributed by atoms with Crippen LogP contribution in [0.5, 0.6) is 0 Å². The normalized spacial score (nSPS) is 17.4. The molecule has 0 radical (unpaired) electrons. The molecular formula is C11H14BrClN2O. The lowest BCUT2D eigenvalue weighted by atomic mass is 10.0. The molecule has 0 unspecified atom stereocenters. The number of ether oxygens (including phenoxy) is 1. The van der Waals surface area contributed by atoms with Gasteiger partial charge in [-0.25, -0.2) is 4.98 Å². The molecule has 0 aromatic carbocycles. The van der Waals surface area contributed by atoms with Crippen LogP contribution in [-0.2, 0) is 4.74 Å². The second-order valence-corrected chi connectivity index (χ2v) is 5.15. The van der Waals surface area contributed by atoms with E-state index in [9.17, 15) is 0 Å². The first-order valence-corrected chi connectivity index (χ1v) is 6.55. The number of nitrogens with one attached hydrogen (secondary N) is 1. The van der Waals surface area contributed by atoms with E-state index < -0.39 is 0 Å². The Kier molecular flexibility index (Phi) is 4.44. The standard InChI is InChI=1S/C11H14BrClN2O/c12-10-5-9(7-15-11(10)13)14-6-8-1-3-16-4-2-8/h5,7-8,14H,1-4,6H2. The van der Waals surface area contributed by atoms with Gasteiger partial charge in [0.05, 0.1) is 16.4 Å². The Morgan fingerprint density at radius 2 is 2.25 bits per heavy atom. The Labute approximate surface area is 109 Å². The summed E-state index contributed by atoms with van der Waals surface area (Å²) in [7, 11) is 0. The molecule has 16 heavy (non-hydrogen) atoms. The topological polar surface area (TPSA) is 34.2 Å². The van der Waals surface area contributed by atoms with Crippen LogP contribution in [0.15, 0.2) is 16.7 Å². The van der Waals surface area contributed by atoms with E-state index in [1.165, 1.54) is 0 Å². The molecule has 0 spiro atoms.